The van der Waals surface area contributed by atoms with Crippen molar-refractivity contribution in [3.63, 3.8) is 0 Å². The van der Waals surface area contributed by atoms with Crippen molar-refractivity contribution < 1.29 is 0 Å². The molecule has 0 saturated carbocycles. The first kappa shape index (κ1) is 10.0. The van der Waals surface area contributed by atoms with Gasteiger partial charge >= 0.3 is 0 Å². The van der Waals surface area contributed by atoms with Crippen molar-refractivity contribution in [2.45, 2.75) is 13.3 Å². The molecule has 0 aliphatic heterocycles. The molecule has 15 heavy (non-hydrogen) atoms. The number of hydrogen-bond donors (Lipinski definition) is 1. The first-order valence-corrected chi connectivity index (χ1v) is 5.55. The van der Waals surface area contributed by atoms with Crippen LogP contribution in [0.2, 0.25) is 0 Å². The van der Waals surface area contributed by atoms with E-state index in [1.54, 1.807) is 0 Å². The number of anilines is 1. The largest absolute Gasteiger partial charge is 0.360 e. The molecule has 0 saturated heterocycles. The third kappa shape index (κ3) is 2.99. The first-order valence-electron chi connectivity index (χ1n) is 4.78. The van der Waals surface area contributed by atoms with Crippen LogP contribution in [0.1, 0.15) is 11.4 Å². The van der Waals surface area contributed by atoms with Crippen LogP contribution in [0.25, 0.3) is 0 Å². The van der Waals surface area contributed by atoms with Crippen molar-refractivity contribution in [3.8, 4) is 0 Å². The molecule has 2 aromatic heterocycles. The van der Waals surface area contributed by atoms with Crippen LogP contribution in [0, 0.1) is 6.92 Å². The highest BCUT2D eigenvalue weighted by molar-refractivity contribution is 7.09. The maximum absolute atomic E-state index is 4.23. The number of nitrogens with one attached hydrogen (secondary N) is 1. The van der Waals surface area contributed by atoms with Crippen LogP contribution in [0.15, 0.2) is 24.5 Å². The van der Waals surface area contributed by atoms with Gasteiger partial charge in [0.2, 0.25) is 5.13 Å². The van der Waals surface area contributed by atoms with Crippen LogP contribution in [-0.2, 0) is 6.42 Å². The summed E-state index contributed by atoms with van der Waals surface area (Å²) in [5, 5.41) is 4.13. The van der Waals surface area contributed by atoms with Gasteiger partial charge < -0.3 is 5.32 Å². The van der Waals surface area contributed by atoms with E-state index >= 15 is 0 Å². The summed E-state index contributed by atoms with van der Waals surface area (Å²) < 4.78 is 4.10. The lowest BCUT2D eigenvalue weighted by Crippen LogP contribution is -2.04. The van der Waals surface area contributed by atoms with E-state index in [1.165, 1.54) is 17.1 Å². The maximum Gasteiger partial charge on any atom is 0.202 e. The number of pyridine rings is 1. The van der Waals surface area contributed by atoms with Crippen molar-refractivity contribution in [3.05, 3.63) is 35.9 Å². The SMILES string of the molecule is Cc1nsc(NCCc2ccncc2)n1. The minimum absolute atomic E-state index is 0.825. The Hall–Kier alpha value is -1.49. The molecular formula is C10H12N4S. The molecular weight excluding hydrogens is 208 g/mol. The van der Waals surface area contributed by atoms with Gasteiger partial charge in [-0.15, -0.1) is 0 Å². The smallest absolute Gasteiger partial charge is 0.202 e. The summed E-state index contributed by atoms with van der Waals surface area (Å²) in [7, 11) is 0. The van der Waals surface area contributed by atoms with Crippen LogP contribution < -0.4 is 5.32 Å². The van der Waals surface area contributed by atoms with Gasteiger partial charge in [0.1, 0.15) is 5.82 Å². The second kappa shape index (κ2) is 4.84. The zero-order chi connectivity index (χ0) is 10.5. The van der Waals surface area contributed by atoms with E-state index in [1.807, 2.05) is 31.5 Å². The number of hydrogen-bond acceptors (Lipinski definition) is 5. The third-order valence-electron chi connectivity index (χ3n) is 1.97. The van der Waals surface area contributed by atoms with E-state index in [0.717, 1.165) is 23.9 Å². The molecule has 0 radical (unpaired) electrons. The Morgan fingerprint density at radius 1 is 1.33 bits per heavy atom. The fourth-order valence-corrected chi connectivity index (χ4v) is 1.83. The van der Waals surface area contributed by atoms with Crippen molar-refractivity contribution in [1.82, 2.24) is 14.3 Å². The topological polar surface area (TPSA) is 50.7 Å². The molecule has 4 nitrogen and oxygen atoms in total. The number of aromatic nitrogens is 3. The fourth-order valence-electron chi connectivity index (χ4n) is 1.23. The first-order chi connectivity index (χ1) is 7.34. The summed E-state index contributed by atoms with van der Waals surface area (Å²) in [6.07, 6.45) is 4.59. The van der Waals surface area contributed by atoms with E-state index in [0.29, 0.717) is 0 Å². The Bertz CT molecular complexity index is 412. The zero-order valence-corrected chi connectivity index (χ0v) is 9.29. The van der Waals surface area contributed by atoms with Gasteiger partial charge in [-0.2, -0.15) is 4.37 Å². The Kier molecular flexibility index (Phi) is 3.24. The molecule has 2 rings (SSSR count). The predicted molar refractivity (Wildman–Crippen MR) is 61.1 cm³/mol. The van der Waals surface area contributed by atoms with Crippen LogP contribution in [0.3, 0.4) is 0 Å². The zero-order valence-electron chi connectivity index (χ0n) is 8.47. The maximum atomic E-state index is 4.23. The number of nitrogens with zero attached hydrogens (tertiary/aromatic N) is 3. The molecule has 2 aromatic rings. The average molecular weight is 220 g/mol. The standard InChI is InChI=1S/C10H12N4S/c1-8-13-10(15-14-8)12-7-4-9-2-5-11-6-3-9/h2-3,5-6H,4,7H2,1H3,(H,12,13,14). The summed E-state index contributed by atoms with van der Waals surface area (Å²) in [5.74, 6) is 0.825. The number of rotatable bonds is 4. The summed E-state index contributed by atoms with van der Waals surface area (Å²) >= 11 is 1.40. The van der Waals surface area contributed by atoms with Gasteiger partial charge in [-0.05, 0) is 31.0 Å². The molecule has 0 aromatic carbocycles. The Morgan fingerprint density at radius 2 is 2.13 bits per heavy atom. The highest BCUT2D eigenvalue weighted by Gasteiger charge is 1.98. The summed E-state index contributed by atoms with van der Waals surface area (Å²) in [4.78, 5) is 8.20. The van der Waals surface area contributed by atoms with Crippen LogP contribution in [0.5, 0.6) is 0 Å². The van der Waals surface area contributed by atoms with Gasteiger partial charge in [-0.25, -0.2) is 4.98 Å². The molecule has 78 valence electrons. The van der Waals surface area contributed by atoms with Crippen molar-refractivity contribution in [1.29, 1.82) is 0 Å². The molecule has 0 aliphatic rings. The van der Waals surface area contributed by atoms with Gasteiger partial charge in [-0.1, -0.05) is 0 Å². The van der Waals surface area contributed by atoms with E-state index in [4.69, 9.17) is 0 Å². The van der Waals surface area contributed by atoms with Crippen LogP contribution in [-0.4, -0.2) is 20.9 Å². The lowest BCUT2D eigenvalue weighted by Gasteiger charge is -2.01. The quantitative estimate of drug-likeness (QED) is 0.855. The molecule has 0 amide bonds. The lowest BCUT2D eigenvalue weighted by molar-refractivity contribution is 1.00. The van der Waals surface area contributed by atoms with E-state index in [-0.39, 0.29) is 0 Å². The van der Waals surface area contributed by atoms with Crippen LogP contribution in [0.4, 0.5) is 5.13 Å². The molecule has 0 atom stereocenters. The molecule has 0 unspecified atom stereocenters. The number of aryl methyl sites for hydroxylation is 1. The van der Waals surface area contributed by atoms with Crippen molar-refractivity contribution in [2.75, 3.05) is 11.9 Å². The minimum Gasteiger partial charge on any atom is -0.360 e. The van der Waals surface area contributed by atoms with Gasteiger partial charge in [0.25, 0.3) is 0 Å². The summed E-state index contributed by atoms with van der Waals surface area (Å²) in [6.45, 7) is 2.77. The Morgan fingerprint density at radius 3 is 2.80 bits per heavy atom. The molecule has 5 heteroatoms. The molecule has 0 fully saturated rings. The van der Waals surface area contributed by atoms with Gasteiger partial charge in [-0.3, -0.25) is 4.98 Å². The summed E-state index contributed by atoms with van der Waals surface area (Å²) in [6, 6.07) is 4.04. The molecule has 1 N–H and O–H groups in total. The van der Waals surface area contributed by atoms with Gasteiger partial charge in [0.15, 0.2) is 0 Å². The van der Waals surface area contributed by atoms with Gasteiger partial charge in [0.05, 0.1) is 0 Å². The van der Waals surface area contributed by atoms with Crippen LogP contribution >= 0.6 is 11.5 Å². The normalized spacial score (nSPS) is 10.2. The minimum atomic E-state index is 0.825. The Labute approximate surface area is 92.6 Å². The van der Waals surface area contributed by atoms with E-state index < -0.39 is 0 Å². The van der Waals surface area contributed by atoms with Gasteiger partial charge in [0, 0.05) is 30.5 Å². The third-order valence-corrected chi connectivity index (χ3v) is 2.73. The van der Waals surface area contributed by atoms with Crippen molar-refractivity contribution >= 4 is 16.7 Å². The molecule has 0 bridgehead atoms. The predicted octanol–water partition coefficient (Wildman–Crippen LogP) is 1.90. The Balaban J connectivity index is 1.80. The molecule has 0 spiro atoms. The monoisotopic (exact) mass is 220 g/mol. The second-order valence-corrected chi connectivity index (χ2v) is 3.93. The van der Waals surface area contributed by atoms with E-state index in [9.17, 15) is 0 Å². The fraction of sp³-hybridized carbons (Fsp3) is 0.300. The second-order valence-electron chi connectivity index (χ2n) is 3.18. The molecule has 2 heterocycles. The average Bonchev–Trinajstić information content (AvgIpc) is 2.66. The lowest BCUT2D eigenvalue weighted by atomic mass is 10.2. The highest BCUT2D eigenvalue weighted by atomic mass is 32.1. The highest BCUT2D eigenvalue weighted by Crippen LogP contribution is 2.09. The molecule has 0 aliphatic carbocycles. The summed E-state index contributed by atoms with van der Waals surface area (Å²) in [5.41, 5.74) is 1.28. The van der Waals surface area contributed by atoms with E-state index in [2.05, 4.69) is 19.7 Å². The van der Waals surface area contributed by atoms with Crippen molar-refractivity contribution in [2.24, 2.45) is 0 Å².